The molecule has 0 bridgehead atoms. The lowest BCUT2D eigenvalue weighted by Gasteiger charge is -2.27. The van der Waals surface area contributed by atoms with E-state index in [1.807, 2.05) is 24.4 Å². The van der Waals surface area contributed by atoms with Crippen LogP contribution in [0.3, 0.4) is 0 Å². The molecule has 1 aliphatic rings. The van der Waals surface area contributed by atoms with Crippen molar-refractivity contribution in [3.63, 3.8) is 0 Å². The van der Waals surface area contributed by atoms with Crippen LogP contribution in [-0.2, 0) is 6.42 Å². The Morgan fingerprint density at radius 2 is 1.83 bits per heavy atom. The zero-order chi connectivity index (χ0) is 16.4. The number of halogens is 1. The molecule has 4 heteroatoms. The summed E-state index contributed by atoms with van der Waals surface area (Å²) >= 11 is 0. The van der Waals surface area contributed by atoms with E-state index in [0.29, 0.717) is 18.9 Å². The van der Waals surface area contributed by atoms with Gasteiger partial charge in [-0.25, -0.2) is 9.37 Å². The predicted molar refractivity (Wildman–Crippen MR) is 91.7 cm³/mol. The average molecular weight is 320 g/mol. The lowest BCUT2D eigenvalue weighted by Crippen LogP contribution is -2.24. The molecule has 1 atom stereocenters. The van der Waals surface area contributed by atoms with Crippen molar-refractivity contribution in [2.45, 2.75) is 12.5 Å². The summed E-state index contributed by atoms with van der Waals surface area (Å²) in [7, 11) is 0. The summed E-state index contributed by atoms with van der Waals surface area (Å²) in [6.45, 7) is 0.557. The number of anilines is 1. The lowest BCUT2D eigenvalue weighted by atomic mass is 10.0. The van der Waals surface area contributed by atoms with E-state index in [0.717, 1.165) is 16.8 Å². The van der Waals surface area contributed by atoms with Gasteiger partial charge < -0.3 is 10.1 Å². The molecule has 0 aliphatic carbocycles. The first-order valence-corrected chi connectivity index (χ1v) is 7.95. The van der Waals surface area contributed by atoms with E-state index in [1.165, 1.54) is 17.7 Å². The Labute approximate surface area is 140 Å². The molecular weight excluding hydrogens is 303 g/mol. The molecule has 2 heterocycles. The molecule has 1 N–H and O–H groups in total. The van der Waals surface area contributed by atoms with Gasteiger partial charge in [0, 0.05) is 6.20 Å². The normalized spacial score (nSPS) is 16.0. The van der Waals surface area contributed by atoms with Crippen molar-refractivity contribution in [1.82, 2.24) is 4.98 Å². The smallest absolute Gasteiger partial charge is 0.237 e. The Balaban J connectivity index is 1.55. The Hall–Kier alpha value is -2.88. The largest absolute Gasteiger partial charge is 0.474 e. The Morgan fingerprint density at radius 3 is 2.62 bits per heavy atom. The fourth-order valence-corrected chi connectivity index (χ4v) is 2.91. The zero-order valence-corrected chi connectivity index (χ0v) is 13.1. The topological polar surface area (TPSA) is 34.2 Å². The van der Waals surface area contributed by atoms with Crippen LogP contribution in [0.15, 0.2) is 66.9 Å². The molecule has 2 aromatic carbocycles. The van der Waals surface area contributed by atoms with Crippen LogP contribution < -0.4 is 10.1 Å². The number of nitrogens with zero attached hydrogens (tertiary/aromatic N) is 1. The highest BCUT2D eigenvalue weighted by Gasteiger charge is 2.21. The van der Waals surface area contributed by atoms with E-state index in [9.17, 15) is 4.39 Å². The highest BCUT2D eigenvalue weighted by molar-refractivity contribution is 5.57. The zero-order valence-electron chi connectivity index (χ0n) is 13.1. The van der Waals surface area contributed by atoms with E-state index < -0.39 is 0 Å². The number of rotatable bonds is 3. The van der Waals surface area contributed by atoms with Gasteiger partial charge in [0.1, 0.15) is 12.4 Å². The summed E-state index contributed by atoms with van der Waals surface area (Å²) in [4.78, 5) is 4.40. The minimum Gasteiger partial charge on any atom is -0.474 e. The van der Waals surface area contributed by atoms with Crippen molar-refractivity contribution in [2.24, 2.45) is 0 Å². The van der Waals surface area contributed by atoms with Crippen LogP contribution in [0.1, 0.15) is 22.7 Å². The van der Waals surface area contributed by atoms with E-state index in [4.69, 9.17) is 4.74 Å². The van der Waals surface area contributed by atoms with Crippen molar-refractivity contribution in [1.29, 1.82) is 0 Å². The van der Waals surface area contributed by atoms with Crippen LogP contribution in [0.25, 0.3) is 0 Å². The fourth-order valence-electron chi connectivity index (χ4n) is 2.91. The first kappa shape index (κ1) is 14.7. The summed E-state index contributed by atoms with van der Waals surface area (Å²) in [5, 5.41) is 3.50. The van der Waals surface area contributed by atoms with Gasteiger partial charge in [-0.3, -0.25) is 0 Å². The third kappa shape index (κ3) is 3.08. The first-order valence-electron chi connectivity index (χ1n) is 7.95. The molecule has 3 nitrogen and oxygen atoms in total. The summed E-state index contributed by atoms with van der Waals surface area (Å²) in [6.07, 6.45) is 2.52. The fraction of sp³-hybridized carbons (Fsp3) is 0.150. The minimum atomic E-state index is -0.219. The SMILES string of the molecule is Fc1ccc(Cc2cnc3c(c2)N[C@@H](c2ccccc2)CO3)cc1. The average Bonchev–Trinajstić information content (AvgIpc) is 2.64. The Morgan fingerprint density at radius 1 is 1.04 bits per heavy atom. The molecule has 0 saturated heterocycles. The molecule has 0 amide bonds. The monoisotopic (exact) mass is 320 g/mol. The third-order valence-corrected chi connectivity index (χ3v) is 4.15. The molecule has 0 saturated carbocycles. The van der Waals surface area contributed by atoms with Gasteiger partial charge in [-0.15, -0.1) is 0 Å². The Kier molecular flexibility index (Phi) is 3.87. The second-order valence-corrected chi connectivity index (χ2v) is 5.92. The van der Waals surface area contributed by atoms with Gasteiger partial charge in [0.2, 0.25) is 5.88 Å². The summed E-state index contributed by atoms with van der Waals surface area (Å²) in [5.41, 5.74) is 4.20. The van der Waals surface area contributed by atoms with E-state index >= 15 is 0 Å². The highest BCUT2D eigenvalue weighted by atomic mass is 19.1. The quantitative estimate of drug-likeness (QED) is 0.779. The maximum Gasteiger partial charge on any atom is 0.237 e. The summed E-state index contributed by atoms with van der Waals surface area (Å²) < 4.78 is 18.8. The van der Waals surface area contributed by atoms with Crippen molar-refractivity contribution in [3.05, 3.63) is 89.4 Å². The number of benzene rings is 2. The molecule has 0 fully saturated rings. The molecule has 1 aliphatic heterocycles. The molecule has 1 aromatic heterocycles. The second-order valence-electron chi connectivity index (χ2n) is 5.92. The van der Waals surface area contributed by atoms with Crippen LogP contribution in [0.5, 0.6) is 5.88 Å². The summed E-state index contributed by atoms with van der Waals surface area (Å²) in [5.74, 6) is 0.410. The number of fused-ring (bicyclic) bond motifs is 1. The third-order valence-electron chi connectivity index (χ3n) is 4.15. The molecule has 24 heavy (non-hydrogen) atoms. The highest BCUT2D eigenvalue weighted by Crippen LogP contribution is 2.32. The molecule has 0 radical (unpaired) electrons. The number of ether oxygens (including phenoxy) is 1. The van der Waals surface area contributed by atoms with Gasteiger partial charge in [0.25, 0.3) is 0 Å². The van der Waals surface area contributed by atoms with E-state index in [1.54, 1.807) is 12.1 Å². The van der Waals surface area contributed by atoms with Crippen molar-refractivity contribution in [2.75, 3.05) is 11.9 Å². The first-order chi connectivity index (χ1) is 11.8. The molecule has 3 aromatic rings. The van der Waals surface area contributed by atoms with Crippen LogP contribution >= 0.6 is 0 Å². The van der Waals surface area contributed by atoms with Crippen LogP contribution in [0.4, 0.5) is 10.1 Å². The summed E-state index contributed by atoms with van der Waals surface area (Å²) in [6, 6.07) is 18.9. The van der Waals surface area contributed by atoms with E-state index in [-0.39, 0.29) is 11.9 Å². The standard InChI is InChI=1S/C20H17FN2O/c21-17-8-6-14(7-9-17)10-15-11-18-20(22-12-15)24-13-19(23-18)16-4-2-1-3-5-16/h1-9,11-12,19,23H,10,13H2/t19-/m1/s1. The molecule has 4 rings (SSSR count). The molecule has 0 unspecified atom stereocenters. The number of aromatic nitrogens is 1. The van der Waals surface area contributed by atoms with Crippen molar-refractivity contribution < 1.29 is 9.13 Å². The number of hydrogen-bond donors (Lipinski definition) is 1. The molecule has 0 spiro atoms. The molecule has 120 valence electrons. The number of nitrogens with one attached hydrogen (secondary N) is 1. The van der Waals surface area contributed by atoms with Crippen LogP contribution in [-0.4, -0.2) is 11.6 Å². The van der Waals surface area contributed by atoms with Crippen molar-refractivity contribution in [3.8, 4) is 5.88 Å². The second kappa shape index (κ2) is 6.32. The van der Waals surface area contributed by atoms with Gasteiger partial charge in [-0.05, 0) is 41.3 Å². The van der Waals surface area contributed by atoms with Crippen LogP contribution in [0.2, 0.25) is 0 Å². The van der Waals surface area contributed by atoms with Gasteiger partial charge in [-0.2, -0.15) is 0 Å². The van der Waals surface area contributed by atoms with Gasteiger partial charge >= 0.3 is 0 Å². The van der Waals surface area contributed by atoms with Gasteiger partial charge in [0.05, 0.1) is 11.7 Å². The predicted octanol–water partition coefficient (Wildman–Crippen LogP) is 4.36. The van der Waals surface area contributed by atoms with Crippen LogP contribution in [0, 0.1) is 5.82 Å². The number of hydrogen-bond acceptors (Lipinski definition) is 3. The maximum absolute atomic E-state index is 13.0. The van der Waals surface area contributed by atoms with Crippen molar-refractivity contribution >= 4 is 5.69 Å². The van der Waals surface area contributed by atoms with Gasteiger partial charge in [-0.1, -0.05) is 42.5 Å². The Bertz CT molecular complexity index is 834. The molecular formula is C20H17FN2O. The minimum absolute atomic E-state index is 0.113. The van der Waals surface area contributed by atoms with Gasteiger partial charge in [0.15, 0.2) is 0 Å². The lowest BCUT2D eigenvalue weighted by molar-refractivity contribution is 0.275. The van der Waals surface area contributed by atoms with E-state index in [2.05, 4.69) is 28.5 Å². The number of pyridine rings is 1. The maximum atomic E-state index is 13.0.